The lowest BCUT2D eigenvalue weighted by Crippen LogP contribution is -2.23. The smallest absolute Gasteiger partial charge is 0.154 e. The molecule has 0 fully saturated rings. The van der Waals surface area contributed by atoms with Crippen LogP contribution >= 0.6 is 0 Å². The molecule has 0 spiro atoms. The van der Waals surface area contributed by atoms with Crippen LogP contribution in [0.25, 0.3) is 16.9 Å². The van der Waals surface area contributed by atoms with Crippen LogP contribution in [-0.4, -0.2) is 44.4 Å². The van der Waals surface area contributed by atoms with E-state index < -0.39 is 0 Å². The van der Waals surface area contributed by atoms with Gasteiger partial charge in [0.25, 0.3) is 0 Å². The Morgan fingerprint density at radius 3 is 2.91 bits per heavy atom. The molecule has 23 heavy (non-hydrogen) atoms. The van der Waals surface area contributed by atoms with Crippen molar-refractivity contribution in [3.63, 3.8) is 0 Å². The fraction of sp³-hybridized carbons (Fsp3) is 0.312. The van der Waals surface area contributed by atoms with E-state index in [2.05, 4.69) is 20.4 Å². The molecule has 3 aromatic rings. The molecule has 0 amide bonds. The summed E-state index contributed by atoms with van der Waals surface area (Å²) in [6.07, 6.45) is 5.97. The number of ether oxygens (including phenoxy) is 1. The minimum atomic E-state index is -0.0228. The highest BCUT2D eigenvalue weighted by atomic mass is 16.5. The average Bonchev–Trinajstić information content (AvgIpc) is 3.03. The molecule has 0 bridgehead atoms. The molecule has 0 saturated heterocycles. The Hall–Kier alpha value is -2.67. The lowest BCUT2D eigenvalue weighted by atomic mass is 10.2. The SMILES string of the molecule is CCC(CO)Nc1ccc2ncc(-c3cncc(OC)c3)n2n1. The topological polar surface area (TPSA) is 84.6 Å². The molecule has 0 aliphatic heterocycles. The number of nitrogens with zero attached hydrogens (tertiary/aromatic N) is 4. The molecular weight excluding hydrogens is 294 g/mol. The Morgan fingerprint density at radius 2 is 2.17 bits per heavy atom. The summed E-state index contributed by atoms with van der Waals surface area (Å²) in [5, 5.41) is 17.1. The molecule has 120 valence electrons. The van der Waals surface area contributed by atoms with Gasteiger partial charge in [-0.25, -0.2) is 9.50 Å². The van der Waals surface area contributed by atoms with Gasteiger partial charge in [-0.3, -0.25) is 4.98 Å². The normalized spacial score (nSPS) is 12.3. The minimum Gasteiger partial charge on any atom is -0.495 e. The van der Waals surface area contributed by atoms with Crippen LogP contribution in [-0.2, 0) is 0 Å². The number of rotatable bonds is 6. The Morgan fingerprint density at radius 1 is 1.30 bits per heavy atom. The van der Waals surface area contributed by atoms with Crippen LogP contribution in [0.1, 0.15) is 13.3 Å². The van der Waals surface area contributed by atoms with E-state index in [4.69, 9.17) is 4.74 Å². The number of aliphatic hydroxyl groups is 1. The highest BCUT2D eigenvalue weighted by Gasteiger charge is 2.11. The Kier molecular flexibility index (Phi) is 4.38. The largest absolute Gasteiger partial charge is 0.495 e. The van der Waals surface area contributed by atoms with Crippen LogP contribution < -0.4 is 10.1 Å². The molecule has 0 radical (unpaired) electrons. The number of aromatic nitrogens is 4. The molecule has 0 aliphatic carbocycles. The van der Waals surface area contributed by atoms with Crippen molar-refractivity contribution in [2.45, 2.75) is 19.4 Å². The third kappa shape index (κ3) is 3.09. The monoisotopic (exact) mass is 313 g/mol. The maximum Gasteiger partial charge on any atom is 0.154 e. The van der Waals surface area contributed by atoms with Crippen LogP contribution in [0, 0.1) is 0 Å². The summed E-state index contributed by atoms with van der Waals surface area (Å²) in [6.45, 7) is 2.07. The minimum absolute atomic E-state index is 0.0228. The molecule has 3 aromatic heterocycles. The van der Waals surface area contributed by atoms with E-state index in [1.54, 1.807) is 30.2 Å². The second-order valence-corrected chi connectivity index (χ2v) is 5.18. The molecule has 7 heteroatoms. The fourth-order valence-electron chi connectivity index (χ4n) is 2.30. The number of methoxy groups -OCH3 is 1. The third-order valence-electron chi connectivity index (χ3n) is 3.67. The highest BCUT2D eigenvalue weighted by molar-refractivity contribution is 5.64. The van der Waals surface area contributed by atoms with E-state index >= 15 is 0 Å². The molecule has 0 aliphatic rings. The second-order valence-electron chi connectivity index (χ2n) is 5.18. The number of hydrogen-bond donors (Lipinski definition) is 2. The van der Waals surface area contributed by atoms with Gasteiger partial charge in [0.2, 0.25) is 0 Å². The van der Waals surface area contributed by atoms with E-state index in [1.807, 2.05) is 25.1 Å². The van der Waals surface area contributed by atoms with Crippen molar-refractivity contribution in [3.05, 3.63) is 36.8 Å². The summed E-state index contributed by atoms with van der Waals surface area (Å²) in [5.74, 6) is 1.37. The molecule has 3 rings (SSSR count). The van der Waals surface area contributed by atoms with Crippen LogP contribution in [0.3, 0.4) is 0 Å². The number of fused-ring (bicyclic) bond motifs is 1. The molecule has 7 nitrogen and oxygen atoms in total. The third-order valence-corrected chi connectivity index (χ3v) is 3.67. The van der Waals surface area contributed by atoms with Crippen molar-refractivity contribution in [2.75, 3.05) is 19.0 Å². The summed E-state index contributed by atoms with van der Waals surface area (Å²) in [4.78, 5) is 8.54. The Bertz CT molecular complexity index is 798. The standard InChI is InChI=1S/C16H19N5O2/c1-3-12(10-22)19-15-4-5-16-18-9-14(21(16)20-15)11-6-13(23-2)8-17-7-11/h4-9,12,22H,3,10H2,1-2H3,(H,19,20). The van der Waals surface area contributed by atoms with Crippen LogP contribution in [0.15, 0.2) is 36.8 Å². The number of imidazole rings is 1. The average molecular weight is 313 g/mol. The molecule has 2 N–H and O–H groups in total. The molecule has 0 saturated carbocycles. The summed E-state index contributed by atoms with van der Waals surface area (Å²) < 4.78 is 6.97. The fourth-order valence-corrected chi connectivity index (χ4v) is 2.30. The van der Waals surface area contributed by atoms with Crippen molar-refractivity contribution >= 4 is 11.5 Å². The summed E-state index contributed by atoms with van der Waals surface area (Å²) in [6, 6.07) is 5.61. The first-order chi connectivity index (χ1) is 11.2. The van der Waals surface area contributed by atoms with Gasteiger partial charge in [0, 0.05) is 11.8 Å². The van der Waals surface area contributed by atoms with E-state index in [-0.39, 0.29) is 12.6 Å². The van der Waals surface area contributed by atoms with Gasteiger partial charge in [0.05, 0.1) is 37.8 Å². The predicted molar refractivity (Wildman–Crippen MR) is 87.6 cm³/mol. The number of hydrogen-bond acceptors (Lipinski definition) is 6. The van der Waals surface area contributed by atoms with E-state index in [0.717, 1.165) is 23.3 Å². The van der Waals surface area contributed by atoms with Crippen molar-refractivity contribution < 1.29 is 9.84 Å². The number of aliphatic hydroxyl groups excluding tert-OH is 1. The van der Waals surface area contributed by atoms with Gasteiger partial charge in [-0.05, 0) is 24.6 Å². The molecule has 1 atom stereocenters. The van der Waals surface area contributed by atoms with E-state index in [1.165, 1.54) is 0 Å². The van der Waals surface area contributed by atoms with Crippen molar-refractivity contribution in [3.8, 4) is 17.0 Å². The van der Waals surface area contributed by atoms with Crippen molar-refractivity contribution in [2.24, 2.45) is 0 Å². The zero-order valence-corrected chi connectivity index (χ0v) is 13.1. The number of nitrogens with one attached hydrogen (secondary N) is 1. The molecular formula is C16H19N5O2. The molecule has 0 aromatic carbocycles. The first-order valence-corrected chi connectivity index (χ1v) is 7.46. The van der Waals surface area contributed by atoms with Crippen LogP contribution in [0.2, 0.25) is 0 Å². The van der Waals surface area contributed by atoms with Crippen LogP contribution in [0.4, 0.5) is 5.82 Å². The maximum atomic E-state index is 9.32. The number of anilines is 1. The van der Waals surface area contributed by atoms with Gasteiger partial charge < -0.3 is 15.2 Å². The lowest BCUT2D eigenvalue weighted by molar-refractivity contribution is 0.271. The zero-order chi connectivity index (χ0) is 16.2. The molecule has 1 unspecified atom stereocenters. The first kappa shape index (κ1) is 15.2. The van der Waals surface area contributed by atoms with Gasteiger partial charge in [-0.1, -0.05) is 6.92 Å². The lowest BCUT2D eigenvalue weighted by Gasteiger charge is -2.14. The Labute approximate surface area is 134 Å². The summed E-state index contributed by atoms with van der Waals surface area (Å²) in [7, 11) is 1.61. The maximum absolute atomic E-state index is 9.32. The quantitative estimate of drug-likeness (QED) is 0.724. The van der Waals surface area contributed by atoms with Crippen molar-refractivity contribution in [1.82, 2.24) is 19.6 Å². The molecule has 3 heterocycles. The Balaban J connectivity index is 2.01. The second kappa shape index (κ2) is 6.62. The summed E-state index contributed by atoms with van der Waals surface area (Å²) in [5.41, 5.74) is 2.44. The van der Waals surface area contributed by atoms with Crippen LogP contribution in [0.5, 0.6) is 5.75 Å². The van der Waals surface area contributed by atoms with E-state index in [9.17, 15) is 5.11 Å². The zero-order valence-electron chi connectivity index (χ0n) is 13.1. The van der Waals surface area contributed by atoms with Gasteiger partial charge in [0.1, 0.15) is 11.6 Å². The van der Waals surface area contributed by atoms with Gasteiger partial charge in [0.15, 0.2) is 5.65 Å². The summed E-state index contributed by atoms with van der Waals surface area (Å²) >= 11 is 0. The van der Waals surface area contributed by atoms with Crippen molar-refractivity contribution in [1.29, 1.82) is 0 Å². The predicted octanol–water partition coefficient (Wildman–Crippen LogP) is 1.98. The van der Waals surface area contributed by atoms with Gasteiger partial charge in [-0.15, -0.1) is 5.10 Å². The first-order valence-electron chi connectivity index (χ1n) is 7.46. The van der Waals surface area contributed by atoms with Gasteiger partial charge >= 0.3 is 0 Å². The van der Waals surface area contributed by atoms with Gasteiger partial charge in [-0.2, -0.15) is 0 Å². The van der Waals surface area contributed by atoms with E-state index in [0.29, 0.717) is 11.6 Å². The highest BCUT2D eigenvalue weighted by Crippen LogP contribution is 2.23. The number of pyridine rings is 1.